The highest BCUT2D eigenvalue weighted by molar-refractivity contribution is 6.07. The minimum absolute atomic E-state index is 0.0156. The number of hydrogen-bond acceptors (Lipinski definition) is 4. The average molecular weight is 485 g/mol. The number of aliphatic imine (C=N–C) groups is 2. The lowest BCUT2D eigenvalue weighted by Crippen LogP contribution is -2.22. The Kier molecular flexibility index (Phi) is 12.8. The van der Waals surface area contributed by atoms with E-state index in [1.54, 1.807) is 36.5 Å². The first-order chi connectivity index (χ1) is 17.2. The summed E-state index contributed by atoms with van der Waals surface area (Å²) in [5.41, 5.74) is 4.07. The summed E-state index contributed by atoms with van der Waals surface area (Å²) >= 11 is 0. The summed E-state index contributed by atoms with van der Waals surface area (Å²) in [5.74, 6) is 0.187. The summed E-state index contributed by atoms with van der Waals surface area (Å²) in [5, 5.41) is 6.00. The molecule has 0 heterocycles. The van der Waals surface area contributed by atoms with E-state index in [1.165, 1.54) is 6.20 Å². The summed E-state index contributed by atoms with van der Waals surface area (Å²) in [7, 11) is 0. The monoisotopic (exact) mass is 484 g/mol. The highest BCUT2D eigenvalue weighted by Crippen LogP contribution is 2.23. The van der Waals surface area contributed by atoms with Crippen LogP contribution < -0.4 is 10.6 Å². The van der Waals surface area contributed by atoms with Crippen LogP contribution in [0.1, 0.15) is 39.3 Å². The fourth-order valence-electron chi connectivity index (χ4n) is 3.31. The van der Waals surface area contributed by atoms with Crippen molar-refractivity contribution in [2.24, 2.45) is 9.98 Å². The number of Topliss-reactive ketones (excluding diaryl/α,β-unsaturated/α-hetero) is 1. The molecule has 0 aliphatic heterocycles. The van der Waals surface area contributed by atoms with E-state index in [2.05, 4.69) is 42.1 Å². The van der Waals surface area contributed by atoms with Crippen molar-refractivity contribution < 1.29 is 9.59 Å². The van der Waals surface area contributed by atoms with Crippen LogP contribution >= 0.6 is 0 Å². The van der Waals surface area contributed by atoms with Gasteiger partial charge in [0.25, 0.3) is 5.91 Å². The van der Waals surface area contributed by atoms with E-state index in [1.807, 2.05) is 52.0 Å². The number of nitrogens with zero attached hydrogens (tertiary/aromatic N) is 2. The van der Waals surface area contributed by atoms with Crippen molar-refractivity contribution in [1.29, 1.82) is 0 Å². The largest absolute Gasteiger partial charge is 0.347 e. The smallest absolute Gasteiger partial charge is 0.255 e. The molecule has 0 aliphatic rings. The molecule has 0 aromatic heterocycles. The standard InChI is InChI=1S/C30H36N4O2/c1-9-14-24(15-10-2)30(36)34-26-18-13-17-25(19-26)23(7)33-29(32-12-4)22(6)21(5)27(16-11-3)28(35)20-31-8/h9-19,23H,1,3-4,8,20H2,2,5-7H3,(H,32,33)(H,34,36)/b15-10-,22-21+,24-14+,27-16+. The fraction of sp³-hybridized carbons (Fsp3) is 0.200. The van der Waals surface area contributed by atoms with Crippen LogP contribution in [0.2, 0.25) is 0 Å². The van der Waals surface area contributed by atoms with Crippen molar-refractivity contribution in [3.05, 3.63) is 115 Å². The lowest BCUT2D eigenvalue weighted by Gasteiger charge is -2.16. The zero-order chi connectivity index (χ0) is 27.1. The second-order valence-corrected chi connectivity index (χ2v) is 7.81. The van der Waals surface area contributed by atoms with Crippen molar-refractivity contribution in [2.45, 2.75) is 33.7 Å². The number of benzene rings is 1. The molecule has 0 saturated heterocycles. The van der Waals surface area contributed by atoms with E-state index in [0.29, 0.717) is 22.7 Å². The van der Waals surface area contributed by atoms with Crippen LogP contribution in [0, 0.1) is 0 Å². The lowest BCUT2D eigenvalue weighted by molar-refractivity contribution is -0.114. The van der Waals surface area contributed by atoms with Crippen LogP contribution in [0.4, 0.5) is 5.69 Å². The van der Waals surface area contributed by atoms with Crippen LogP contribution in [-0.2, 0) is 9.59 Å². The van der Waals surface area contributed by atoms with Gasteiger partial charge in [-0.15, -0.1) is 0 Å². The van der Waals surface area contributed by atoms with Gasteiger partial charge in [0, 0.05) is 16.8 Å². The highest BCUT2D eigenvalue weighted by Gasteiger charge is 2.16. The molecule has 0 bridgehead atoms. The molecule has 1 atom stereocenters. The second kappa shape index (κ2) is 15.6. The van der Waals surface area contributed by atoms with Crippen LogP contribution in [0.15, 0.2) is 119 Å². The number of rotatable bonds is 13. The molecule has 1 rings (SSSR count). The Morgan fingerprint density at radius 2 is 1.78 bits per heavy atom. The van der Waals surface area contributed by atoms with Gasteiger partial charge < -0.3 is 10.6 Å². The number of hydrogen-bond donors (Lipinski definition) is 2. The summed E-state index contributed by atoms with van der Waals surface area (Å²) in [4.78, 5) is 33.7. The molecule has 188 valence electrons. The van der Waals surface area contributed by atoms with Gasteiger partial charge in [-0.05, 0) is 69.5 Å². The number of carbonyl (C=O) groups excluding carboxylic acids is 2. The van der Waals surface area contributed by atoms with Gasteiger partial charge in [0.15, 0.2) is 5.78 Å². The van der Waals surface area contributed by atoms with E-state index < -0.39 is 0 Å². The maximum absolute atomic E-state index is 12.6. The Balaban J connectivity index is 3.36. The number of amides is 1. The Labute approximate surface area is 215 Å². The molecule has 1 amide bonds. The summed E-state index contributed by atoms with van der Waals surface area (Å²) in [6, 6.07) is 7.25. The number of amidine groups is 1. The molecule has 0 spiro atoms. The van der Waals surface area contributed by atoms with Gasteiger partial charge >= 0.3 is 0 Å². The molecule has 36 heavy (non-hydrogen) atoms. The Morgan fingerprint density at radius 1 is 1.08 bits per heavy atom. The van der Waals surface area contributed by atoms with Crippen LogP contribution in [0.25, 0.3) is 0 Å². The second-order valence-electron chi connectivity index (χ2n) is 7.81. The van der Waals surface area contributed by atoms with Crippen molar-refractivity contribution in [1.82, 2.24) is 5.32 Å². The molecule has 0 aliphatic carbocycles. The van der Waals surface area contributed by atoms with Crippen LogP contribution in [0.3, 0.4) is 0 Å². The molecular formula is C30H36N4O2. The number of allylic oxidation sites excluding steroid dienone is 6. The minimum Gasteiger partial charge on any atom is -0.347 e. The zero-order valence-corrected chi connectivity index (χ0v) is 21.7. The Morgan fingerprint density at radius 3 is 2.36 bits per heavy atom. The highest BCUT2D eigenvalue weighted by atomic mass is 16.1. The van der Waals surface area contributed by atoms with E-state index in [9.17, 15) is 9.59 Å². The number of carbonyl (C=O) groups is 2. The fourth-order valence-corrected chi connectivity index (χ4v) is 3.31. The topological polar surface area (TPSA) is 82.9 Å². The van der Waals surface area contributed by atoms with E-state index in [-0.39, 0.29) is 24.3 Å². The van der Waals surface area contributed by atoms with Gasteiger partial charge in [0.2, 0.25) is 0 Å². The third-order valence-electron chi connectivity index (χ3n) is 5.26. The third kappa shape index (κ3) is 8.80. The molecule has 0 saturated carbocycles. The Bertz CT molecular complexity index is 1160. The molecule has 2 N–H and O–H groups in total. The minimum atomic E-state index is -0.261. The number of nitrogens with one attached hydrogen (secondary N) is 2. The van der Waals surface area contributed by atoms with E-state index >= 15 is 0 Å². The van der Waals surface area contributed by atoms with E-state index in [0.717, 1.165) is 16.7 Å². The normalized spacial score (nSPS) is 13.9. The quantitative estimate of drug-likeness (QED) is 0.151. The van der Waals surface area contributed by atoms with Gasteiger partial charge in [-0.1, -0.05) is 68.3 Å². The maximum atomic E-state index is 12.6. The van der Waals surface area contributed by atoms with Crippen LogP contribution in [0.5, 0.6) is 0 Å². The first kappa shape index (κ1) is 29.7. The zero-order valence-electron chi connectivity index (χ0n) is 21.7. The van der Waals surface area contributed by atoms with Crippen molar-refractivity contribution in [2.75, 3.05) is 11.9 Å². The summed E-state index contributed by atoms with van der Waals surface area (Å²) < 4.78 is 0. The van der Waals surface area contributed by atoms with Gasteiger partial charge in [0.1, 0.15) is 12.4 Å². The van der Waals surface area contributed by atoms with Crippen molar-refractivity contribution >= 4 is 29.9 Å². The lowest BCUT2D eigenvalue weighted by atomic mass is 9.97. The summed E-state index contributed by atoms with van der Waals surface area (Å²) in [6.45, 7) is 22.1. The van der Waals surface area contributed by atoms with Gasteiger partial charge in [-0.25, -0.2) is 0 Å². The predicted molar refractivity (Wildman–Crippen MR) is 153 cm³/mol. The predicted octanol–water partition coefficient (Wildman–Crippen LogP) is 6.22. The molecule has 0 radical (unpaired) electrons. The first-order valence-corrected chi connectivity index (χ1v) is 11.5. The van der Waals surface area contributed by atoms with E-state index in [4.69, 9.17) is 4.99 Å². The van der Waals surface area contributed by atoms with Gasteiger partial charge in [-0.3, -0.25) is 19.6 Å². The third-order valence-corrected chi connectivity index (χ3v) is 5.26. The molecule has 1 aromatic carbocycles. The maximum Gasteiger partial charge on any atom is 0.255 e. The molecular weight excluding hydrogens is 448 g/mol. The number of anilines is 1. The van der Waals surface area contributed by atoms with Gasteiger partial charge in [-0.2, -0.15) is 0 Å². The van der Waals surface area contributed by atoms with Crippen molar-refractivity contribution in [3.63, 3.8) is 0 Å². The molecule has 6 heteroatoms. The molecule has 0 fully saturated rings. The summed E-state index contributed by atoms with van der Waals surface area (Å²) in [6.07, 6.45) is 11.5. The molecule has 1 aromatic rings. The Hall–Kier alpha value is -4.32. The van der Waals surface area contributed by atoms with Crippen molar-refractivity contribution in [3.8, 4) is 0 Å². The molecule has 1 unspecified atom stereocenters. The van der Waals surface area contributed by atoms with Gasteiger partial charge in [0.05, 0.1) is 6.04 Å². The average Bonchev–Trinajstić information content (AvgIpc) is 2.86. The van der Waals surface area contributed by atoms with Crippen LogP contribution in [-0.4, -0.2) is 30.8 Å². The SMILES string of the molecule is C=C/C=C(\C=C/C)C(=O)Nc1cccc(C(C)N=C(NC=C)/C(C)=C(C)/C(=C\C=C)C(=O)CN=C)c1. The first-order valence-electron chi connectivity index (χ1n) is 11.5. The number of ketones is 1. The molecule has 6 nitrogen and oxygen atoms in total.